The fourth-order valence-electron chi connectivity index (χ4n) is 2.57. The number of quaternary nitrogens is 1. The lowest BCUT2D eigenvalue weighted by Gasteiger charge is -2.38. The first-order chi connectivity index (χ1) is 7.97. The Balaban J connectivity index is -0.000000392. The lowest BCUT2D eigenvalue weighted by Crippen LogP contribution is -2.50. The van der Waals surface area contributed by atoms with Crippen LogP contribution in [-0.4, -0.2) is 44.0 Å². The van der Waals surface area contributed by atoms with Crippen molar-refractivity contribution in [1.29, 1.82) is 0 Å². The summed E-state index contributed by atoms with van der Waals surface area (Å²) in [6.45, 7) is 14.8. The smallest absolute Gasteiger partial charge is 0.784 e. The minimum atomic E-state index is -3.11. The maximum atomic E-state index is 8.44. The molecule has 0 aliphatic carbocycles. The van der Waals surface area contributed by atoms with Gasteiger partial charge in [0.25, 0.3) is 0 Å². The summed E-state index contributed by atoms with van der Waals surface area (Å²) in [5.41, 5.74) is 0. The van der Waals surface area contributed by atoms with Gasteiger partial charge in [-0.25, -0.2) is 0 Å². The highest BCUT2D eigenvalue weighted by atomic mass is 32.2. The van der Waals surface area contributed by atoms with Crippen molar-refractivity contribution >= 4 is 11.4 Å². The van der Waals surface area contributed by atoms with Gasteiger partial charge in [-0.05, 0) is 25.7 Å². The molecule has 0 fully saturated rings. The molecule has 0 aromatic carbocycles. The summed E-state index contributed by atoms with van der Waals surface area (Å²) in [5, 5.41) is 0. The normalized spacial score (nSPS) is 11.2. The van der Waals surface area contributed by atoms with Crippen molar-refractivity contribution in [2.75, 3.05) is 26.2 Å². The van der Waals surface area contributed by atoms with Crippen LogP contribution in [0.25, 0.3) is 0 Å². The van der Waals surface area contributed by atoms with Crippen molar-refractivity contribution in [3.05, 3.63) is 0 Å². The Morgan fingerprint density at radius 2 is 1.00 bits per heavy atom. The molecule has 4 nitrogen and oxygen atoms in total. The molecule has 0 rings (SSSR count). The van der Waals surface area contributed by atoms with Crippen LogP contribution in [0.3, 0.4) is 0 Å². The van der Waals surface area contributed by atoms with Crippen LogP contribution in [0, 0.1) is 0 Å². The first-order valence-electron chi connectivity index (χ1n) is 6.59. The summed E-state index contributed by atoms with van der Waals surface area (Å²) in [6.07, 6.45) is 5.33. The molecule has 0 bridgehead atoms. The highest BCUT2D eigenvalue weighted by molar-refractivity contribution is 7.72. The second-order valence-electron chi connectivity index (χ2n) is 4.44. The van der Waals surface area contributed by atoms with Gasteiger partial charge in [-0.2, -0.15) is 0 Å². The summed E-state index contributed by atoms with van der Waals surface area (Å²) in [5.74, 6) is 0. The van der Waals surface area contributed by atoms with Crippen molar-refractivity contribution in [1.82, 2.24) is 0 Å². The Morgan fingerprint density at radius 3 is 1.12 bits per heavy atom. The molecule has 0 unspecified atom stereocenters. The molecule has 0 aromatic rings. The summed E-state index contributed by atoms with van der Waals surface area (Å²) >= 11 is -3.11. The van der Waals surface area contributed by atoms with Crippen LogP contribution in [0.2, 0.25) is 0 Å². The summed E-state index contributed by atoms with van der Waals surface area (Å²) in [4.78, 5) is 0. The van der Waals surface area contributed by atoms with E-state index in [9.17, 15) is 0 Å². The van der Waals surface area contributed by atoms with E-state index >= 15 is 0 Å². The summed E-state index contributed by atoms with van der Waals surface area (Å²) in [7, 11) is 0. The van der Waals surface area contributed by atoms with Gasteiger partial charge in [-0.3, -0.25) is 4.21 Å². The van der Waals surface area contributed by atoms with E-state index in [0.29, 0.717) is 0 Å². The van der Waals surface area contributed by atoms with Gasteiger partial charge in [-0.15, -0.1) is 11.4 Å². The predicted molar refractivity (Wildman–Crippen MR) is 71.7 cm³/mol. The van der Waals surface area contributed by atoms with Gasteiger partial charge in [0, 0.05) is 0 Å². The average Bonchev–Trinajstić information content (AvgIpc) is 2.18. The molecule has 0 aliphatic rings. The van der Waals surface area contributed by atoms with E-state index in [0.717, 1.165) is 0 Å². The highest BCUT2D eigenvalue weighted by Crippen LogP contribution is 2.12. The Morgan fingerprint density at radius 1 is 0.824 bits per heavy atom. The van der Waals surface area contributed by atoms with E-state index in [2.05, 4.69) is 27.7 Å². The minimum Gasteiger partial charge on any atom is -0.784 e. The molecule has 0 N–H and O–H groups in total. The van der Waals surface area contributed by atoms with E-state index in [1.807, 2.05) is 0 Å². The number of hydrogen-bond acceptors (Lipinski definition) is 3. The largest absolute Gasteiger partial charge is 1.00 e. The molecule has 0 aromatic heterocycles. The van der Waals surface area contributed by atoms with Crippen molar-refractivity contribution < 1.29 is 19.2 Å². The fraction of sp³-hybridized carbons (Fsp3) is 1.00. The Bertz CT molecular complexity index is 161. The fourth-order valence-corrected chi connectivity index (χ4v) is 2.57. The Kier molecular flexibility index (Phi) is 14.2. The average molecular weight is 267 g/mol. The zero-order valence-corrected chi connectivity index (χ0v) is 12.6. The van der Waals surface area contributed by atoms with E-state index in [1.54, 1.807) is 0 Å². The van der Waals surface area contributed by atoms with Crippen LogP contribution in [0.4, 0.5) is 0 Å². The second-order valence-corrected chi connectivity index (χ2v) is 4.85. The van der Waals surface area contributed by atoms with Crippen molar-refractivity contribution in [2.24, 2.45) is 0 Å². The second kappa shape index (κ2) is 12.5. The maximum Gasteiger partial charge on any atom is 1.00 e. The molecule has 17 heavy (non-hydrogen) atoms. The molecular formula is C12H29NO3S. The van der Waals surface area contributed by atoms with Crippen LogP contribution >= 0.6 is 0 Å². The van der Waals surface area contributed by atoms with E-state index in [4.69, 9.17) is 13.3 Å². The van der Waals surface area contributed by atoms with Gasteiger partial charge in [0.2, 0.25) is 0 Å². The van der Waals surface area contributed by atoms with Crippen molar-refractivity contribution in [3.8, 4) is 0 Å². The van der Waals surface area contributed by atoms with E-state index < -0.39 is 11.4 Å². The molecule has 0 aliphatic heterocycles. The van der Waals surface area contributed by atoms with Crippen LogP contribution in [0.1, 0.15) is 54.8 Å². The first kappa shape index (κ1) is 19.4. The third-order valence-electron chi connectivity index (χ3n) is 2.79. The van der Waals surface area contributed by atoms with Gasteiger partial charge in [0.05, 0.1) is 26.2 Å². The van der Waals surface area contributed by atoms with Gasteiger partial charge in [0.1, 0.15) is 0 Å². The van der Waals surface area contributed by atoms with Gasteiger partial charge in [-0.1, -0.05) is 27.7 Å². The standard InChI is InChI=1S/C12H28N.H2O3S/c1-5-9-13(10-6-2,11-7-3)12-8-4;1-4(2)3/h5-12H2,1-4H3;(H2,1,2,3)/q+1;/p-1. The van der Waals surface area contributed by atoms with Crippen LogP contribution in [-0.2, 0) is 11.4 Å². The molecule has 0 atom stereocenters. The molecule has 0 spiro atoms. The molecule has 5 heteroatoms. The number of hydrogen-bond donors (Lipinski definition) is 0. The summed E-state index contributed by atoms with van der Waals surface area (Å²) < 4.78 is 26.7. The van der Waals surface area contributed by atoms with Crippen molar-refractivity contribution in [3.63, 3.8) is 0 Å². The SMILES string of the molecule is CCC[N+](CCC)(CCC)CCC.O=S([O-])[O-].[H+]. The minimum absolute atomic E-state index is 0. The zero-order valence-electron chi connectivity index (χ0n) is 12.7. The quantitative estimate of drug-likeness (QED) is 0.501. The van der Waals surface area contributed by atoms with Crippen LogP contribution < -0.4 is 0 Å². The van der Waals surface area contributed by atoms with E-state index in [1.165, 1.54) is 56.3 Å². The lowest BCUT2D eigenvalue weighted by atomic mass is 10.2. The third-order valence-corrected chi connectivity index (χ3v) is 2.79. The van der Waals surface area contributed by atoms with Gasteiger partial charge < -0.3 is 13.6 Å². The number of nitrogens with zero attached hydrogens (tertiary/aromatic N) is 1. The highest BCUT2D eigenvalue weighted by Gasteiger charge is 2.22. The molecular weight excluding hydrogens is 238 g/mol. The van der Waals surface area contributed by atoms with Gasteiger partial charge >= 0.3 is 1.43 Å². The van der Waals surface area contributed by atoms with Crippen LogP contribution in [0.15, 0.2) is 0 Å². The maximum absolute atomic E-state index is 8.44. The third kappa shape index (κ3) is 12.3. The van der Waals surface area contributed by atoms with Crippen LogP contribution in [0.5, 0.6) is 0 Å². The zero-order chi connectivity index (χ0) is 13.7. The Labute approximate surface area is 111 Å². The molecule has 106 valence electrons. The Hall–Kier alpha value is 0.0300. The monoisotopic (exact) mass is 267 g/mol. The summed E-state index contributed by atoms with van der Waals surface area (Å²) in [6, 6.07) is 0. The van der Waals surface area contributed by atoms with Gasteiger partial charge in [0.15, 0.2) is 0 Å². The molecule has 0 heterocycles. The lowest BCUT2D eigenvalue weighted by molar-refractivity contribution is -0.928. The molecule has 0 saturated heterocycles. The number of rotatable bonds is 8. The molecule has 0 saturated carbocycles. The molecule has 0 radical (unpaired) electrons. The van der Waals surface area contributed by atoms with E-state index in [-0.39, 0.29) is 1.43 Å². The van der Waals surface area contributed by atoms with Crippen molar-refractivity contribution in [2.45, 2.75) is 53.4 Å². The topological polar surface area (TPSA) is 63.2 Å². The first-order valence-corrected chi connectivity index (χ1v) is 7.59. The predicted octanol–water partition coefficient (Wildman–Crippen LogP) is 2.55. The molecule has 0 amide bonds.